The molecule has 0 aliphatic heterocycles. The minimum atomic E-state index is -6.12. The molecule has 0 heterocycles. The summed E-state index contributed by atoms with van der Waals surface area (Å²) in [6.07, 6.45) is -0.357. The summed E-state index contributed by atoms with van der Waals surface area (Å²) >= 11 is 0. The lowest BCUT2D eigenvalue weighted by Gasteiger charge is -2.18. The molecule has 0 saturated heterocycles. The molecule has 1 atom stereocenters. The molecule has 0 bridgehead atoms. The molecule has 0 rings (SSSR count). The fourth-order valence-corrected chi connectivity index (χ4v) is 1.33. The summed E-state index contributed by atoms with van der Waals surface area (Å²) in [4.78, 5) is 21.9. The molecule has 0 fully saturated rings. The molecule has 0 amide bonds. The summed E-state index contributed by atoms with van der Waals surface area (Å²) in [6.45, 7) is 5.80. The Balaban J connectivity index is 4.15. The van der Waals surface area contributed by atoms with Crippen LogP contribution in [0.4, 0.5) is 8.78 Å². The Hall–Kier alpha value is -1.55. The van der Waals surface area contributed by atoms with Gasteiger partial charge >= 0.3 is 17.2 Å². The van der Waals surface area contributed by atoms with E-state index in [0.29, 0.717) is 0 Å². The zero-order valence-corrected chi connectivity index (χ0v) is 12.2. The number of halogens is 2. The van der Waals surface area contributed by atoms with E-state index in [2.05, 4.69) is 11.3 Å². The maximum atomic E-state index is 12.7. The minimum Gasteiger partial charge on any atom is -0.743 e. The highest BCUT2D eigenvalue weighted by Crippen LogP contribution is 2.22. The Bertz CT molecular complexity index is 513. The van der Waals surface area contributed by atoms with Gasteiger partial charge in [0, 0.05) is 5.57 Å². The van der Waals surface area contributed by atoms with Crippen molar-refractivity contribution in [1.82, 2.24) is 0 Å². The van der Waals surface area contributed by atoms with E-state index in [0.717, 1.165) is 0 Å². The van der Waals surface area contributed by atoms with Gasteiger partial charge in [-0.1, -0.05) is 6.58 Å². The zero-order valence-electron chi connectivity index (χ0n) is 11.4. The normalized spacial score (nSPS) is 13.4. The van der Waals surface area contributed by atoms with Crippen LogP contribution < -0.4 is 0 Å². The zero-order chi connectivity index (χ0) is 16.8. The van der Waals surface area contributed by atoms with Crippen molar-refractivity contribution in [2.45, 2.75) is 38.0 Å². The van der Waals surface area contributed by atoms with E-state index in [4.69, 9.17) is 4.74 Å². The minimum absolute atomic E-state index is 0.0331. The van der Waals surface area contributed by atoms with Gasteiger partial charge in [0.2, 0.25) is 0 Å². The number of carbonyl (C=O) groups excluding carboxylic acids is 2. The lowest BCUT2D eigenvalue weighted by Crippen LogP contribution is -2.39. The van der Waals surface area contributed by atoms with Crippen molar-refractivity contribution in [1.29, 1.82) is 0 Å². The third-order valence-corrected chi connectivity index (χ3v) is 2.99. The molecule has 10 heteroatoms. The molecule has 0 N–H and O–H groups in total. The summed E-state index contributed by atoms with van der Waals surface area (Å²) in [5.74, 6) is -3.05. The highest BCUT2D eigenvalue weighted by molar-refractivity contribution is 7.87. The molecule has 0 spiro atoms. The first-order valence-corrected chi connectivity index (χ1v) is 7.17. The van der Waals surface area contributed by atoms with Gasteiger partial charge in [-0.15, -0.1) is 0 Å². The van der Waals surface area contributed by atoms with Crippen LogP contribution in [0.5, 0.6) is 0 Å². The summed E-state index contributed by atoms with van der Waals surface area (Å²) in [7, 11) is -6.12. The standard InChI is InChI=1S/C11H16F2O7S/c1-7(2)9(14)20-8(3)5-4-6-19-10(15)11(12,13)21(16,17)18/h8H,1,4-6H2,2-3H3,(H,16,17,18)/p-1. The number of alkyl halides is 2. The molecule has 0 aliphatic rings. The van der Waals surface area contributed by atoms with Gasteiger partial charge in [-0.3, -0.25) is 0 Å². The molecule has 0 aromatic rings. The van der Waals surface area contributed by atoms with Crippen LogP contribution in [0.1, 0.15) is 26.7 Å². The van der Waals surface area contributed by atoms with Crippen LogP contribution in [0.15, 0.2) is 12.2 Å². The van der Waals surface area contributed by atoms with Crippen LogP contribution in [-0.2, 0) is 29.2 Å². The van der Waals surface area contributed by atoms with Gasteiger partial charge in [0.25, 0.3) is 0 Å². The van der Waals surface area contributed by atoms with Crippen LogP contribution in [0.25, 0.3) is 0 Å². The van der Waals surface area contributed by atoms with Gasteiger partial charge in [0.05, 0.1) is 12.7 Å². The third-order valence-electron chi connectivity index (χ3n) is 2.20. The number of ether oxygens (including phenoxy) is 2. The Morgan fingerprint density at radius 1 is 1.38 bits per heavy atom. The molecular weight excluding hydrogens is 314 g/mol. The van der Waals surface area contributed by atoms with Gasteiger partial charge in [0.15, 0.2) is 10.1 Å². The van der Waals surface area contributed by atoms with Gasteiger partial charge in [-0.2, -0.15) is 8.78 Å². The molecule has 0 aromatic carbocycles. The highest BCUT2D eigenvalue weighted by Gasteiger charge is 2.48. The number of esters is 2. The molecule has 7 nitrogen and oxygen atoms in total. The average Bonchev–Trinajstić information content (AvgIpc) is 2.32. The SMILES string of the molecule is C=C(C)C(=O)OC(C)CCCOC(=O)C(F)(F)S(=O)(=O)[O-]. The van der Waals surface area contributed by atoms with Crippen molar-refractivity contribution in [3.63, 3.8) is 0 Å². The summed E-state index contributed by atoms with van der Waals surface area (Å²) in [5.41, 5.74) is 0.188. The van der Waals surface area contributed by atoms with Crippen molar-refractivity contribution in [2.75, 3.05) is 6.61 Å². The lowest BCUT2D eigenvalue weighted by molar-refractivity contribution is -0.162. The van der Waals surface area contributed by atoms with E-state index < -0.39 is 40.0 Å². The molecule has 1 unspecified atom stereocenters. The summed E-state index contributed by atoms with van der Waals surface area (Å²) in [5, 5.41) is -5.12. The first-order valence-electron chi connectivity index (χ1n) is 5.76. The van der Waals surface area contributed by atoms with Crippen molar-refractivity contribution in [2.24, 2.45) is 0 Å². The largest absolute Gasteiger partial charge is 0.743 e. The van der Waals surface area contributed by atoms with Gasteiger partial charge in [-0.05, 0) is 26.7 Å². The molecule has 21 heavy (non-hydrogen) atoms. The molecule has 0 saturated carbocycles. The predicted molar refractivity (Wildman–Crippen MR) is 65.2 cm³/mol. The van der Waals surface area contributed by atoms with Crippen molar-refractivity contribution >= 4 is 22.1 Å². The Morgan fingerprint density at radius 2 is 1.90 bits per heavy atom. The smallest absolute Gasteiger partial charge is 0.428 e. The quantitative estimate of drug-likeness (QED) is 0.282. The fraction of sp³-hybridized carbons (Fsp3) is 0.636. The monoisotopic (exact) mass is 329 g/mol. The van der Waals surface area contributed by atoms with E-state index >= 15 is 0 Å². The summed E-state index contributed by atoms with van der Waals surface area (Å²) in [6, 6.07) is 0. The second kappa shape index (κ2) is 7.46. The predicted octanol–water partition coefficient (Wildman–Crippen LogP) is 0.956. The lowest BCUT2D eigenvalue weighted by atomic mass is 10.2. The fourth-order valence-electron chi connectivity index (χ4n) is 1.06. The average molecular weight is 329 g/mol. The van der Waals surface area contributed by atoms with E-state index in [1.54, 1.807) is 0 Å². The Morgan fingerprint density at radius 3 is 2.33 bits per heavy atom. The Kier molecular flexibility index (Phi) is 6.91. The van der Waals surface area contributed by atoms with Crippen LogP contribution in [0.2, 0.25) is 0 Å². The summed E-state index contributed by atoms with van der Waals surface area (Å²) < 4.78 is 64.8. The number of carbonyl (C=O) groups is 2. The van der Waals surface area contributed by atoms with Gasteiger partial charge < -0.3 is 14.0 Å². The Labute approximate surface area is 120 Å². The first kappa shape index (κ1) is 19.4. The van der Waals surface area contributed by atoms with E-state index in [9.17, 15) is 31.3 Å². The number of rotatable bonds is 8. The highest BCUT2D eigenvalue weighted by atomic mass is 32.2. The van der Waals surface area contributed by atoms with Crippen LogP contribution >= 0.6 is 0 Å². The maximum Gasteiger partial charge on any atom is 0.428 e. The number of hydrogen-bond acceptors (Lipinski definition) is 7. The van der Waals surface area contributed by atoms with Crippen LogP contribution in [0.3, 0.4) is 0 Å². The van der Waals surface area contributed by atoms with E-state index in [1.807, 2.05) is 0 Å². The van der Waals surface area contributed by atoms with Crippen LogP contribution in [-0.4, -0.2) is 42.9 Å². The van der Waals surface area contributed by atoms with Gasteiger partial charge in [-0.25, -0.2) is 18.0 Å². The second-order valence-electron chi connectivity index (χ2n) is 4.25. The van der Waals surface area contributed by atoms with Gasteiger partial charge in [0.1, 0.15) is 0 Å². The topological polar surface area (TPSA) is 110 Å². The van der Waals surface area contributed by atoms with E-state index in [-0.39, 0.29) is 18.4 Å². The van der Waals surface area contributed by atoms with Crippen molar-refractivity contribution in [3.05, 3.63) is 12.2 Å². The molecular formula is C11H15F2O7S-. The second-order valence-corrected chi connectivity index (χ2v) is 5.67. The van der Waals surface area contributed by atoms with Crippen molar-refractivity contribution in [3.8, 4) is 0 Å². The molecule has 0 aromatic heterocycles. The van der Waals surface area contributed by atoms with Crippen molar-refractivity contribution < 1.29 is 40.8 Å². The molecule has 0 aliphatic carbocycles. The molecule has 122 valence electrons. The maximum absolute atomic E-state index is 12.7. The number of hydrogen-bond donors (Lipinski definition) is 0. The molecule has 0 radical (unpaired) electrons. The first-order chi connectivity index (χ1) is 9.39. The third kappa shape index (κ3) is 6.17. The van der Waals surface area contributed by atoms with E-state index in [1.165, 1.54) is 13.8 Å². The van der Waals surface area contributed by atoms with Crippen LogP contribution in [0, 0.1) is 0 Å².